The molecule has 0 saturated heterocycles. The van der Waals surface area contributed by atoms with Crippen molar-refractivity contribution in [2.45, 2.75) is 38.8 Å². The van der Waals surface area contributed by atoms with E-state index in [0.717, 1.165) is 17.0 Å². The van der Waals surface area contributed by atoms with E-state index in [1.165, 1.54) is 11.8 Å². The van der Waals surface area contributed by atoms with Crippen LogP contribution in [0, 0.1) is 13.8 Å². The van der Waals surface area contributed by atoms with Crippen molar-refractivity contribution in [3.8, 4) is 0 Å². The average Bonchev–Trinajstić information content (AvgIpc) is 2.71. The molecule has 0 atom stereocenters. The van der Waals surface area contributed by atoms with Crippen molar-refractivity contribution in [3.05, 3.63) is 46.8 Å². The molecule has 2 N–H and O–H groups in total. The summed E-state index contributed by atoms with van der Waals surface area (Å²) in [6.07, 6.45) is 2.48. The number of nitrogens with one attached hydrogen (secondary N) is 2. The standard InChI is InChI=1S/C21H26N4O4S/c1-5-22-20(28)15-7-6-8-16(11-15)25-18(26)12-29-19(27)10-9-17-13(2)23-21(30-4)24-14(17)3/h6-8,11H,5,9-10,12H2,1-4H3,(H,22,28)(H,25,26). The molecule has 0 fully saturated rings. The van der Waals surface area contributed by atoms with Gasteiger partial charge in [0.25, 0.3) is 11.8 Å². The van der Waals surface area contributed by atoms with E-state index in [0.29, 0.717) is 29.4 Å². The molecule has 2 amide bonds. The first-order valence-electron chi connectivity index (χ1n) is 9.55. The van der Waals surface area contributed by atoms with Gasteiger partial charge in [-0.15, -0.1) is 0 Å². The van der Waals surface area contributed by atoms with Crippen LogP contribution in [0.15, 0.2) is 29.4 Å². The van der Waals surface area contributed by atoms with Crippen LogP contribution in [-0.2, 0) is 20.7 Å². The lowest BCUT2D eigenvalue weighted by atomic mass is 10.1. The lowest BCUT2D eigenvalue weighted by molar-refractivity contribution is -0.147. The molecule has 0 bridgehead atoms. The van der Waals surface area contributed by atoms with Crippen LogP contribution in [0.1, 0.15) is 40.7 Å². The van der Waals surface area contributed by atoms with Crippen LogP contribution >= 0.6 is 11.8 Å². The first-order chi connectivity index (χ1) is 14.3. The summed E-state index contributed by atoms with van der Waals surface area (Å²) in [5.41, 5.74) is 3.48. The number of anilines is 1. The zero-order chi connectivity index (χ0) is 22.1. The quantitative estimate of drug-likeness (QED) is 0.357. The van der Waals surface area contributed by atoms with Crippen molar-refractivity contribution >= 4 is 35.2 Å². The molecule has 1 aromatic carbocycles. The predicted octanol–water partition coefficient (Wildman–Crippen LogP) is 2.68. The fourth-order valence-corrected chi connectivity index (χ4v) is 3.26. The van der Waals surface area contributed by atoms with Gasteiger partial charge in [-0.2, -0.15) is 0 Å². The van der Waals surface area contributed by atoms with Crippen LogP contribution in [0.5, 0.6) is 0 Å². The molecule has 2 rings (SSSR count). The van der Waals surface area contributed by atoms with E-state index in [1.54, 1.807) is 24.3 Å². The maximum atomic E-state index is 12.1. The third-order valence-corrected chi connectivity index (χ3v) is 4.82. The number of thioether (sulfide) groups is 1. The summed E-state index contributed by atoms with van der Waals surface area (Å²) in [5.74, 6) is -1.18. The van der Waals surface area contributed by atoms with Crippen LogP contribution in [-0.4, -0.2) is 47.2 Å². The Kier molecular flexibility index (Phi) is 8.79. The Morgan fingerprint density at radius 3 is 2.47 bits per heavy atom. The van der Waals surface area contributed by atoms with E-state index >= 15 is 0 Å². The highest BCUT2D eigenvalue weighted by Gasteiger charge is 2.13. The minimum Gasteiger partial charge on any atom is -0.456 e. The fraction of sp³-hybridized carbons (Fsp3) is 0.381. The molecule has 30 heavy (non-hydrogen) atoms. The van der Waals surface area contributed by atoms with Gasteiger partial charge in [-0.05, 0) is 57.2 Å². The van der Waals surface area contributed by atoms with Crippen LogP contribution < -0.4 is 10.6 Å². The Balaban J connectivity index is 1.83. The minimum absolute atomic E-state index is 0.129. The van der Waals surface area contributed by atoms with E-state index in [-0.39, 0.29) is 12.3 Å². The predicted molar refractivity (Wildman–Crippen MR) is 116 cm³/mol. The van der Waals surface area contributed by atoms with Crippen LogP contribution in [0.2, 0.25) is 0 Å². The maximum absolute atomic E-state index is 12.1. The average molecular weight is 431 g/mol. The molecule has 0 aliphatic rings. The van der Waals surface area contributed by atoms with E-state index in [1.807, 2.05) is 27.0 Å². The number of esters is 1. The lowest BCUT2D eigenvalue weighted by Crippen LogP contribution is -2.23. The molecule has 8 nitrogen and oxygen atoms in total. The molecule has 9 heteroatoms. The number of ether oxygens (including phenoxy) is 1. The largest absolute Gasteiger partial charge is 0.456 e. The molecule has 0 radical (unpaired) electrons. The highest BCUT2D eigenvalue weighted by molar-refractivity contribution is 7.98. The van der Waals surface area contributed by atoms with Gasteiger partial charge >= 0.3 is 5.97 Å². The van der Waals surface area contributed by atoms with Gasteiger partial charge in [-0.25, -0.2) is 9.97 Å². The van der Waals surface area contributed by atoms with E-state index < -0.39 is 18.5 Å². The van der Waals surface area contributed by atoms with Crippen molar-refractivity contribution < 1.29 is 19.1 Å². The zero-order valence-corrected chi connectivity index (χ0v) is 18.4. The number of carbonyl (C=O) groups is 3. The molecule has 2 aromatic rings. The number of hydrogen-bond donors (Lipinski definition) is 2. The van der Waals surface area contributed by atoms with Crippen molar-refractivity contribution in [2.24, 2.45) is 0 Å². The summed E-state index contributed by atoms with van der Waals surface area (Å²) in [6, 6.07) is 6.54. The molecular formula is C21H26N4O4S. The van der Waals surface area contributed by atoms with E-state index in [4.69, 9.17) is 4.74 Å². The van der Waals surface area contributed by atoms with Crippen molar-refractivity contribution in [2.75, 3.05) is 24.7 Å². The van der Waals surface area contributed by atoms with Crippen molar-refractivity contribution in [3.63, 3.8) is 0 Å². The Labute approximate surface area is 180 Å². The third-order valence-electron chi connectivity index (χ3n) is 4.27. The minimum atomic E-state index is -0.478. The van der Waals surface area contributed by atoms with Crippen LogP contribution in [0.3, 0.4) is 0 Å². The number of nitrogens with zero attached hydrogens (tertiary/aromatic N) is 2. The van der Waals surface area contributed by atoms with Crippen LogP contribution in [0.4, 0.5) is 5.69 Å². The molecule has 1 heterocycles. The first kappa shape index (κ1) is 23.3. The highest BCUT2D eigenvalue weighted by Crippen LogP contribution is 2.17. The molecule has 1 aromatic heterocycles. The Bertz CT molecular complexity index is 910. The molecule has 0 aliphatic heterocycles. The van der Waals surface area contributed by atoms with Gasteiger partial charge in [0.05, 0.1) is 0 Å². The number of benzene rings is 1. The molecule has 0 aliphatic carbocycles. The second-order valence-electron chi connectivity index (χ2n) is 6.51. The Hall–Kier alpha value is -2.94. The SMILES string of the molecule is CCNC(=O)c1cccc(NC(=O)COC(=O)CCc2c(C)nc(SC)nc2C)c1. The maximum Gasteiger partial charge on any atom is 0.306 e. The van der Waals surface area contributed by atoms with Gasteiger partial charge in [0, 0.05) is 35.6 Å². The lowest BCUT2D eigenvalue weighted by Gasteiger charge is -2.10. The number of amides is 2. The highest BCUT2D eigenvalue weighted by atomic mass is 32.2. The molecule has 0 saturated carbocycles. The molecular weight excluding hydrogens is 404 g/mol. The molecule has 0 unspecified atom stereocenters. The van der Waals surface area contributed by atoms with Crippen LogP contribution in [0.25, 0.3) is 0 Å². The third kappa shape index (κ3) is 6.84. The number of aryl methyl sites for hydroxylation is 2. The van der Waals surface area contributed by atoms with Gasteiger partial charge in [0.15, 0.2) is 11.8 Å². The zero-order valence-electron chi connectivity index (χ0n) is 17.6. The van der Waals surface area contributed by atoms with E-state index in [2.05, 4.69) is 20.6 Å². The topological polar surface area (TPSA) is 110 Å². The first-order valence-corrected chi connectivity index (χ1v) is 10.8. The normalized spacial score (nSPS) is 10.4. The number of rotatable bonds is 9. The Morgan fingerprint density at radius 2 is 1.83 bits per heavy atom. The van der Waals surface area contributed by atoms with Gasteiger partial charge in [0.2, 0.25) is 0 Å². The second kappa shape index (κ2) is 11.3. The summed E-state index contributed by atoms with van der Waals surface area (Å²) in [5, 5.41) is 6.01. The molecule has 160 valence electrons. The number of carbonyl (C=O) groups excluding carboxylic acids is 3. The monoisotopic (exact) mass is 430 g/mol. The summed E-state index contributed by atoms with van der Waals surface area (Å²) in [6.45, 7) is 5.71. The van der Waals surface area contributed by atoms with Gasteiger partial charge < -0.3 is 15.4 Å². The van der Waals surface area contributed by atoms with Crippen molar-refractivity contribution in [1.82, 2.24) is 15.3 Å². The Morgan fingerprint density at radius 1 is 1.13 bits per heavy atom. The number of aromatic nitrogens is 2. The smallest absolute Gasteiger partial charge is 0.306 e. The fourth-order valence-electron chi connectivity index (χ4n) is 2.80. The summed E-state index contributed by atoms with van der Waals surface area (Å²) >= 11 is 1.47. The summed E-state index contributed by atoms with van der Waals surface area (Å²) in [4.78, 5) is 44.7. The summed E-state index contributed by atoms with van der Waals surface area (Å²) < 4.78 is 5.06. The van der Waals surface area contributed by atoms with Crippen molar-refractivity contribution in [1.29, 1.82) is 0 Å². The number of hydrogen-bond acceptors (Lipinski definition) is 7. The second-order valence-corrected chi connectivity index (χ2v) is 7.28. The van der Waals surface area contributed by atoms with E-state index in [9.17, 15) is 14.4 Å². The summed E-state index contributed by atoms with van der Waals surface area (Å²) in [7, 11) is 0. The molecule has 0 spiro atoms. The van der Waals surface area contributed by atoms with Gasteiger partial charge in [-0.1, -0.05) is 17.8 Å². The van der Waals surface area contributed by atoms with Gasteiger partial charge in [-0.3, -0.25) is 14.4 Å². The van der Waals surface area contributed by atoms with Gasteiger partial charge in [0.1, 0.15) is 0 Å².